The van der Waals surface area contributed by atoms with Gasteiger partial charge in [0.1, 0.15) is 73.2 Å². The standard InChI is InChI=1S/C71H127NO18/c1-3-5-7-9-11-13-15-17-19-21-23-25-27-29-31-33-35-37-39-41-43-45-47-49-59(77)72-54(55(76)48-46-44-42-40-38-36-34-32-30-28-26-24-22-20-18-16-14-12-10-8-6-4-2)53-85-69-65(83)62(80)67(57(51-74)87-69)90-71-66(84)63(81)68(58(52-75)88-71)89-70-64(82)61(79)60(78)56(50-73)86-70/h15,17,21,23,30,32,38,40,46,48,54-58,60-71,73-76,78-84H,3-14,16,18-20,22,24-29,31,33-37,39,41-45,47,49-53H2,1-2H3,(H,72,77)/b17-15-,23-21-,32-30+,40-38+,48-46+. The van der Waals surface area contributed by atoms with Gasteiger partial charge >= 0.3 is 0 Å². The number of carbonyl (C=O) groups excluding carboxylic acids is 1. The Kier molecular flexibility index (Phi) is 47.9. The fraction of sp³-hybridized carbons (Fsp3) is 0.845. The van der Waals surface area contributed by atoms with Gasteiger partial charge in [0, 0.05) is 6.42 Å². The molecule has 3 fully saturated rings. The number of nitrogens with one attached hydrogen (secondary N) is 1. The molecule has 1 amide bonds. The maximum Gasteiger partial charge on any atom is 0.220 e. The Bertz CT molecular complexity index is 1870. The normalized spacial score (nSPS) is 28.4. The third-order valence-corrected chi connectivity index (χ3v) is 17.5. The first-order valence-corrected chi connectivity index (χ1v) is 35.5. The summed E-state index contributed by atoms with van der Waals surface area (Å²) in [6, 6.07) is -1.00. The first-order valence-electron chi connectivity index (χ1n) is 35.5. The molecule has 12 N–H and O–H groups in total. The van der Waals surface area contributed by atoms with E-state index in [2.05, 4.69) is 67.8 Å². The summed E-state index contributed by atoms with van der Waals surface area (Å²) in [4.78, 5) is 13.4. The molecule has 0 aromatic rings. The molecule has 17 atom stereocenters. The van der Waals surface area contributed by atoms with Crippen molar-refractivity contribution in [2.75, 3.05) is 26.4 Å². The van der Waals surface area contributed by atoms with Gasteiger partial charge in [-0.1, -0.05) is 229 Å². The molecule has 19 heteroatoms. The average molecular weight is 1280 g/mol. The third-order valence-electron chi connectivity index (χ3n) is 17.5. The first-order chi connectivity index (χ1) is 43.8. The zero-order valence-corrected chi connectivity index (χ0v) is 55.4. The van der Waals surface area contributed by atoms with Crippen LogP contribution in [0.2, 0.25) is 0 Å². The minimum absolute atomic E-state index is 0.228. The molecule has 0 bridgehead atoms. The van der Waals surface area contributed by atoms with Crippen molar-refractivity contribution in [1.29, 1.82) is 0 Å². The monoisotopic (exact) mass is 1280 g/mol. The van der Waals surface area contributed by atoms with Gasteiger partial charge in [0.2, 0.25) is 5.91 Å². The summed E-state index contributed by atoms with van der Waals surface area (Å²) in [6.07, 6.45) is 37.6. The zero-order chi connectivity index (χ0) is 65.4. The molecule has 0 radical (unpaired) electrons. The van der Waals surface area contributed by atoms with Crippen molar-refractivity contribution < 1.29 is 89.4 Å². The lowest BCUT2D eigenvalue weighted by molar-refractivity contribution is -0.379. The van der Waals surface area contributed by atoms with E-state index in [0.717, 1.165) is 64.2 Å². The number of unbranched alkanes of at least 4 members (excludes halogenated alkanes) is 30. The maximum absolute atomic E-state index is 13.4. The van der Waals surface area contributed by atoms with E-state index in [9.17, 15) is 61.0 Å². The Morgan fingerprint density at radius 3 is 1.18 bits per heavy atom. The van der Waals surface area contributed by atoms with Crippen LogP contribution in [0.15, 0.2) is 60.8 Å². The summed E-state index contributed by atoms with van der Waals surface area (Å²) < 4.78 is 34.3. The molecule has 90 heavy (non-hydrogen) atoms. The molecule has 3 saturated heterocycles. The molecule has 0 aromatic heterocycles. The highest BCUT2D eigenvalue weighted by atomic mass is 16.8. The summed E-state index contributed by atoms with van der Waals surface area (Å²) in [6.45, 7) is 1.71. The molecule has 0 aromatic carbocycles. The van der Waals surface area contributed by atoms with Crippen LogP contribution in [-0.2, 0) is 33.2 Å². The largest absolute Gasteiger partial charge is 0.394 e. The van der Waals surface area contributed by atoms with Crippen LogP contribution in [0.3, 0.4) is 0 Å². The molecule has 0 aliphatic carbocycles. The lowest BCUT2D eigenvalue weighted by Crippen LogP contribution is -2.66. The molecule has 3 aliphatic heterocycles. The highest BCUT2D eigenvalue weighted by Gasteiger charge is 2.53. The number of rotatable bonds is 54. The average Bonchev–Trinajstić information content (AvgIpc) is 0.865. The molecule has 524 valence electrons. The maximum atomic E-state index is 13.4. The highest BCUT2D eigenvalue weighted by Crippen LogP contribution is 2.33. The fourth-order valence-electron chi connectivity index (χ4n) is 11.7. The van der Waals surface area contributed by atoms with Crippen molar-refractivity contribution in [2.24, 2.45) is 0 Å². The molecular weight excluding hydrogens is 1150 g/mol. The second kappa shape index (κ2) is 52.7. The van der Waals surface area contributed by atoms with Gasteiger partial charge in [-0.25, -0.2) is 0 Å². The van der Waals surface area contributed by atoms with Crippen molar-refractivity contribution in [1.82, 2.24) is 5.32 Å². The van der Waals surface area contributed by atoms with Gasteiger partial charge in [-0.3, -0.25) is 4.79 Å². The van der Waals surface area contributed by atoms with Crippen molar-refractivity contribution in [2.45, 2.75) is 356 Å². The molecule has 3 rings (SSSR count). The predicted molar refractivity (Wildman–Crippen MR) is 351 cm³/mol. The van der Waals surface area contributed by atoms with E-state index in [-0.39, 0.29) is 18.9 Å². The number of carbonyl (C=O) groups is 1. The number of aliphatic hydroxyl groups is 11. The fourth-order valence-corrected chi connectivity index (χ4v) is 11.7. The Balaban J connectivity index is 1.46. The van der Waals surface area contributed by atoms with Crippen molar-refractivity contribution >= 4 is 5.91 Å². The van der Waals surface area contributed by atoms with Crippen LogP contribution in [0.1, 0.15) is 251 Å². The predicted octanol–water partition coefficient (Wildman–Crippen LogP) is 9.55. The summed E-state index contributed by atoms with van der Waals surface area (Å²) in [7, 11) is 0. The zero-order valence-electron chi connectivity index (χ0n) is 55.4. The molecule has 3 aliphatic rings. The van der Waals surface area contributed by atoms with Gasteiger partial charge in [-0.2, -0.15) is 0 Å². The smallest absolute Gasteiger partial charge is 0.220 e. The van der Waals surface area contributed by atoms with Gasteiger partial charge in [0.25, 0.3) is 0 Å². The Hall–Kier alpha value is -2.51. The van der Waals surface area contributed by atoms with Crippen LogP contribution in [0, 0.1) is 0 Å². The van der Waals surface area contributed by atoms with Gasteiger partial charge in [0.15, 0.2) is 18.9 Å². The van der Waals surface area contributed by atoms with Crippen LogP contribution in [0.25, 0.3) is 0 Å². The number of aliphatic hydroxyl groups excluding tert-OH is 11. The van der Waals surface area contributed by atoms with Crippen LogP contribution < -0.4 is 5.32 Å². The summed E-state index contributed by atoms with van der Waals surface area (Å²) >= 11 is 0. The molecule has 19 nitrogen and oxygen atoms in total. The van der Waals surface area contributed by atoms with E-state index in [1.165, 1.54) is 154 Å². The lowest BCUT2D eigenvalue weighted by atomic mass is 9.96. The van der Waals surface area contributed by atoms with Gasteiger partial charge in [0.05, 0.1) is 38.6 Å². The Morgan fingerprint density at radius 1 is 0.400 bits per heavy atom. The SMILES string of the molecule is CCCCCCC/C=C\C/C=C\CCCCCCCCCCCCCC(=O)NC(COC1OC(CO)C(OC2OC(CO)C(OC3OC(CO)C(O)C(O)C3O)C(O)C2O)C(O)C1O)C(O)/C=C/CC/C=C/CC/C=C/CCCCCCCCCCCCCC. The number of allylic oxidation sites excluding steroid dienone is 9. The molecule has 3 heterocycles. The minimum atomic E-state index is -1.98. The molecule has 17 unspecified atom stereocenters. The third kappa shape index (κ3) is 34.2. The van der Waals surface area contributed by atoms with E-state index in [4.69, 9.17) is 28.4 Å². The summed E-state index contributed by atoms with van der Waals surface area (Å²) in [5.41, 5.74) is 0. The second-order valence-electron chi connectivity index (χ2n) is 25.3. The van der Waals surface area contributed by atoms with Crippen molar-refractivity contribution in [3.05, 3.63) is 60.8 Å². The van der Waals surface area contributed by atoms with E-state index in [1.807, 2.05) is 6.08 Å². The van der Waals surface area contributed by atoms with Crippen LogP contribution in [0.5, 0.6) is 0 Å². The van der Waals surface area contributed by atoms with Crippen molar-refractivity contribution in [3.63, 3.8) is 0 Å². The number of hydrogen-bond donors (Lipinski definition) is 12. The Morgan fingerprint density at radius 2 is 0.744 bits per heavy atom. The van der Waals surface area contributed by atoms with Gasteiger partial charge < -0.3 is 89.9 Å². The molecular formula is C71H127NO18. The van der Waals surface area contributed by atoms with E-state index < -0.39 is 124 Å². The quantitative estimate of drug-likeness (QED) is 0.0199. The van der Waals surface area contributed by atoms with Crippen LogP contribution in [0.4, 0.5) is 0 Å². The van der Waals surface area contributed by atoms with Crippen LogP contribution >= 0.6 is 0 Å². The first kappa shape index (κ1) is 81.7. The Labute approximate surface area is 541 Å². The highest BCUT2D eigenvalue weighted by molar-refractivity contribution is 5.76. The summed E-state index contributed by atoms with van der Waals surface area (Å²) in [5.74, 6) is -0.292. The molecule has 0 saturated carbocycles. The molecule has 0 spiro atoms. The number of hydrogen-bond acceptors (Lipinski definition) is 18. The lowest BCUT2D eigenvalue weighted by Gasteiger charge is -2.48. The minimum Gasteiger partial charge on any atom is -0.394 e. The number of amides is 1. The summed E-state index contributed by atoms with van der Waals surface area (Å²) in [5, 5.41) is 121. The van der Waals surface area contributed by atoms with E-state index in [0.29, 0.717) is 12.8 Å². The van der Waals surface area contributed by atoms with E-state index in [1.54, 1.807) is 6.08 Å². The van der Waals surface area contributed by atoms with Gasteiger partial charge in [-0.15, -0.1) is 0 Å². The van der Waals surface area contributed by atoms with Gasteiger partial charge in [-0.05, 0) is 77.0 Å². The second-order valence-corrected chi connectivity index (χ2v) is 25.3. The van der Waals surface area contributed by atoms with Crippen LogP contribution in [-0.4, -0.2) is 193 Å². The number of ether oxygens (including phenoxy) is 6. The van der Waals surface area contributed by atoms with E-state index >= 15 is 0 Å². The van der Waals surface area contributed by atoms with Crippen molar-refractivity contribution in [3.8, 4) is 0 Å². The topological polar surface area (TPSA) is 307 Å².